The van der Waals surface area contributed by atoms with Gasteiger partial charge >= 0.3 is 11.7 Å². The fourth-order valence-corrected chi connectivity index (χ4v) is 1.38. The molecule has 1 atom stereocenters. The third-order valence-corrected chi connectivity index (χ3v) is 2.28. The number of rotatable bonds is 6. The third-order valence-electron chi connectivity index (χ3n) is 2.28. The highest BCUT2D eigenvalue weighted by atomic mass is 16.6. The van der Waals surface area contributed by atoms with E-state index in [9.17, 15) is 14.4 Å². The molecule has 7 nitrogen and oxygen atoms in total. The van der Waals surface area contributed by atoms with E-state index in [1.54, 1.807) is 6.92 Å². The zero-order valence-corrected chi connectivity index (χ0v) is 10.3. The first-order valence-corrected chi connectivity index (χ1v) is 5.53. The molecule has 1 aromatic rings. The van der Waals surface area contributed by atoms with Crippen molar-refractivity contribution >= 4 is 5.97 Å². The van der Waals surface area contributed by atoms with E-state index in [-0.39, 0.29) is 25.1 Å². The van der Waals surface area contributed by atoms with Gasteiger partial charge in [-0.05, 0) is 0 Å². The molecule has 0 radical (unpaired) electrons. The molecule has 2 N–H and O–H groups in total. The number of ether oxygens (including phenoxy) is 2. The Hall–Kier alpha value is -1.89. The predicted octanol–water partition coefficient (Wildman–Crippen LogP) is -0.254. The van der Waals surface area contributed by atoms with Gasteiger partial charge < -0.3 is 14.5 Å². The number of carbonyl (C=O) groups excluding carboxylic acids is 1. The van der Waals surface area contributed by atoms with Crippen molar-refractivity contribution in [1.29, 1.82) is 0 Å². The lowest BCUT2D eigenvalue weighted by Gasteiger charge is -2.11. The van der Waals surface area contributed by atoms with Crippen molar-refractivity contribution in [2.45, 2.75) is 19.8 Å². The zero-order chi connectivity index (χ0) is 13.5. The quantitative estimate of drug-likeness (QED) is 0.539. The van der Waals surface area contributed by atoms with Gasteiger partial charge in [0.15, 0.2) is 0 Å². The molecular weight excluding hydrogens is 240 g/mol. The summed E-state index contributed by atoms with van der Waals surface area (Å²) in [5, 5.41) is 0. The Balaban J connectivity index is 2.41. The Kier molecular flexibility index (Phi) is 5.31. The summed E-state index contributed by atoms with van der Waals surface area (Å²) in [6.45, 7) is 3.88. The normalized spacial score (nSPS) is 12.1. The molecule has 0 aliphatic heterocycles. The number of hydrogen-bond donors (Lipinski definition) is 2. The average molecular weight is 256 g/mol. The zero-order valence-electron chi connectivity index (χ0n) is 10.3. The van der Waals surface area contributed by atoms with E-state index in [0.717, 1.165) is 0 Å². The number of aromatic amines is 2. The maximum atomic E-state index is 11.5. The highest BCUT2D eigenvalue weighted by molar-refractivity contribution is 5.65. The Morgan fingerprint density at radius 2 is 2.11 bits per heavy atom. The summed E-state index contributed by atoms with van der Waals surface area (Å²) in [5.74, 6) is -0.522. The number of esters is 1. The highest BCUT2D eigenvalue weighted by Gasteiger charge is 2.10. The second-order valence-electron chi connectivity index (χ2n) is 3.84. The summed E-state index contributed by atoms with van der Waals surface area (Å²) < 4.78 is 9.95. The summed E-state index contributed by atoms with van der Waals surface area (Å²) >= 11 is 0. The van der Waals surface area contributed by atoms with Gasteiger partial charge in [0.05, 0.1) is 13.2 Å². The first-order valence-electron chi connectivity index (χ1n) is 5.53. The van der Waals surface area contributed by atoms with Crippen molar-refractivity contribution in [3.8, 4) is 0 Å². The van der Waals surface area contributed by atoms with Crippen LogP contribution >= 0.6 is 0 Å². The van der Waals surface area contributed by atoms with Gasteiger partial charge in [0.2, 0.25) is 0 Å². The molecule has 0 aromatic carbocycles. The summed E-state index contributed by atoms with van der Waals surface area (Å²) in [7, 11) is 0. The molecule has 1 unspecified atom stereocenters. The number of aromatic nitrogens is 2. The van der Waals surface area contributed by atoms with E-state index in [4.69, 9.17) is 4.74 Å². The van der Waals surface area contributed by atoms with E-state index < -0.39 is 11.2 Å². The summed E-state index contributed by atoms with van der Waals surface area (Å²) in [4.78, 5) is 37.3. The maximum absolute atomic E-state index is 11.5. The van der Waals surface area contributed by atoms with Crippen LogP contribution in [0, 0.1) is 0 Å². The molecule has 0 saturated carbocycles. The lowest BCUT2D eigenvalue weighted by molar-refractivity contribution is -0.142. The minimum absolute atomic E-state index is 0.164. The van der Waals surface area contributed by atoms with Gasteiger partial charge in [0.25, 0.3) is 5.56 Å². The molecule has 0 bridgehead atoms. The van der Waals surface area contributed by atoms with Gasteiger partial charge in [-0.2, -0.15) is 0 Å². The second kappa shape index (κ2) is 6.75. The lowest BCUT2D eigenvalue weighted by atomic mass is 10.1. The van der Waals surface area contributed by atoms with E-state index in [1.165, 1.54) is 13.1 Å². The molecule has 100 valence electrons. The molecule has 0 amide bonds. The third kappa shape index (κ3) is 4.54. The van der Waals surface area contributed by atoms with Crippen LogP contribution in [0.4, 0.5) is 0 Å². The van der Waals surface area contributed by atoms with Crippen LogP contribution in [0.1, 0.15) is 25.3 Å². The van der Waals surface area contributed by atoms with Crippen molar-refractivity contribution in [1.82, 2.24) is 9.97 Å². The van der Waals surface area contributed by atoms with Crippen LogP contribution in [0.3, 0.4) is 0 Å². The molecule has 1 rings (SSSR count). The molecule has 0 aliphatic rings. The Morgan fingerprint density at radius 1 is 1.39 bits per heavy atom. The van der Waals surface area contributed by atoms with E-state index >= 15 is 0 Å². The molecule has 0 spiro atoms. The van der Waals surface area contributed by atoms with E-state index in [2.05, 4.69) is 14.7 Å². The number of H-pyrrole nitrogens is 2. The molecule has 1 heterocycles. The Bertz CT molecular complexity index is 505. The molecular formula is C11H16N2O5. The van der Waals surface area contributed by atoms with Crippen molar-refractivity contribution in [2.75, 3.05) is 19.8 Å². The van der Waals surface area contributed by atoms with Crippen molar-refractivity contribution in [2.24, 2.45) is 0 Å². The fourth-order valence-electron chi connectivity index (χ4n) is 1.38. The summed E-state index contributed by atoms with van der Waals surface area (Å²) in [5.41, 5.74) is -0.511. The topological polar surface area (TPSA) is 101 Å². The first kappa shape index (κ1) is 14.2. The van der Waals surface area contributed by atoms with Gasteiger partial charge in [-0.15, -0.1) is 0 Å². The van der Waals surface area contributed by atoms with Crippen molar-refractivity contribution < 1.29 is 14.3 Å². The fraction of sp³-hybridized carbons (Fsp3) is 0.545. The van der Waals surface area contributed by atoms with Gasteiger partial charge in [0.1, 0.15) is 6.61 Å². The number of hydrogen-bond acceptors (Lipinski definition) is 5. The van der Waals surface area contributed by atoms with Crippen molar-refractivity contribution in [3.05, 3.63) is 32.6 Å². The van der Waals surface area contributed by atoms with Crippen LogP contribution in [0.2, 0.25) is 0 Å². The molecule has 18 heavy (non-hydrogen) atoms. The lowest BCUT2D eigenvalue weighted by Crippen LogP contribution is -2.27. The highest BCUT2D eigenvalue weighted by Crippen LogP contribution is 2.08. The average Bonchev–Trinajstić information content (AvgIpc) is 2.27. The van der Waals surface area contributed by atoms with Crippen LogP contribution in [0.25, 0.3) is 0 Å². The summed E-state index contributed by atoms with van der Waals surface area (Å²) in [6.07, 6.45) is 1.38. The van der Waals surface area contributed by atoms with Crippen molar-refractivity contribution in [3.63, 3.8) is 0 Å². The van der Waals surface area contributed by atoms with Crippen LogP contribution in [0.5, 0.6) is 0 Å². The number of carbonyl (C=O) groups is 1. The predicted molar refractivity (Wildman–Crippen MR) is 63.6 cm³/mol. The van der Waals surface area contributed by atoms with Crippen LogP contribution < -0.4 is 11.2 Å². The summed E-state index contributed by atoms with van der Waals surface area (Å²) in [6, 6.07) is 0. The van der Waals surface area contributed by atoms with Gasteiger partial charge in [-0.1, -0.05) is 6.92 Å². The molecule has 1 aromatic heterocycles. The monoisotopic (exact) mass is 256 g/mol. The second-order valence-corrected chi connectivity index (χ2v) is 3.84. The molecule has 7 heteroatoms. The molecule has 0 saturated heterocycles. The maximum Gasteiger partial charge on any atom is 0.325 e. The minimum Gasteiger partial charge on any atom is -0.463 e. The van der Waals surface area contributed by atoms with Crippen LogP contribution in [-0.2, 0) is 14.3 Å². The molecule has 0 aliphatic carbocycles. The number of nitrogens with one attached hydrogen (secondary N) is 2. The van der Waals surface area contributed by atoms with Crippen LogP contribution in [0.15, 0.2) is 15.8 Å². The van der Waals surface area contributed by atoms with Gasteiger partial charge in [-0.3, -0.25) is 14.6 Å². The van der Waals surface area contributed by atoms with Gasteiger partial charge in [0, 0.05) is 24.6 Å². The molecule has 0 fully saturated rings. The first-order chi connectivity index (χ1) is 8.50. The van der Waals surface area contributed by atoms with Crippen LogP contribution in [-0.4, -0.2) is 35.8 Å². The van der Waals surface area contributed by atoms with E-state index in [0.29, 0.717) is 12.2 Å². The largest absolute Gasteiger partial charge is 0.463 e. The van der Waals surface area contributed by atoms with E-state index in [1.807, 2.05) is 0 Å². The SMILES string of the molecule is CC(=O)OCCOCC(C)c1c[nH]c(=O)[nH]c1=O. The smallest absolute Gasteiger partial charge is 0.325 e. The van der Waals surface area contributed by atoms with Gasteiger partial charge in [-0.25, -0.2) is 4.79 Å². The Labute approximate surface area is 103 Å². The minimum atomic E-state index is -0.535. The standard InChI is InChI=1S/C11H16N2O5/c1-7(6-17-3-4-18-8(2)14)9-5-12-11(16)13-10(9)15/h5,7H,3-4,6H2,1-2H3,(H2,12,13,15,16). The Morgan fingerprint density at radius 3 is 2.72 bits per heavy atom.